The lowest BCUT2D eigenvalue weighted by Crippen LogP contribution is -1.83. The van der Waals surface area contributed by atoms with E-state index in [4.69, 9.17) is 16.1 Å². The average molecular weight is 276 g/mol. The molecule has 14 heavy (non-hydrogen) atoms. The Hall–Kier alpha value is -0.870. The predicted molar refractivity (Wildman–Crippen MR) is 54.6 cm³/mol. The maximum atomic E-state index is 13.3. The molecule has 1 aromatic carbocycles. The van der Waals surface area contributed by atoms with Crippen LogP contribution in [0.1, 0.15) is 0 Å². The molecular weight excluding hydrogens is 272 g/mol. The molecule has 0 aliphatic rings. The first-order chi connectivity index (χ1) is 6.70. The maximum absolute atomic E-state index is 13.3. The Morgan fingerprint density at radius 3 is 2.64 bits per heavy atom. The van der Waals surface area contributed by atoms with Gasteiger partial charge in [-0.1, -0.05) is 17.3 Å². The quantitative estimate of drug-likeness (QED) is 0.789. The zero-order chi connectivity index (χ0) is 10.1. The Bertz CT molecular complexity index is 472. The molecule has 1 aromatic heterocycles. The third kappa shape index (κ3) is 1.55. The lowest BCUT2D eigenvalue weighted by Gasteiger charge is -1.97. The van der Waals surface area contributed by atoms with E-state index in [0.29, 0.717) is 15.7 Å². The van der Waals surface area contributed by atoms with Gasteiger partial charge >= 0.3 is 0 Å². The molecule has 0 atom stereocenters. The molecule has 2 nitrogen and oxygen atoms in total. The Morgan fingerprint density at radius 2 is 2.07 bits per heavy atom. The van der Waals surface area contributed by atoms with Gasteiger partial charge in [0.05, 0.1) is 0 Å². The van der Waals surface area contributed by atoms with Crippen molar-refractivity contribution >= 4 is 27.5 Å². The maximum Gasteiger partial charge on any atom is 0.240 e. The molecule has 2 aromatic rings. The van der Waals surface area contributed by atoms with E-state index in [-0.39, 0.29) is 11.0 Å². The van der Waals surface area contributed by atoms with Gasteiger partial charge in [0.2, 0.25) is 5.22 Å². The molecule has 0 bridgehead atoms. The number of aromatic nitrogens is 1. The van der Waals surface area contributed by atoms with E-state index in [1.54, 1.807) is 18.2 Å². The van der Waals surface area contributed by atoms with Crippen LogP contribution in [0.2, 0.25) is 5.22 Å². The van der Waals surface area contributed by atoms with Crippen molar-refractivity contribution in [3.05, 3.63) is 39.8 Å². The van der Waals surface area contributed by atoms with Crippen LogP contribution in [0.3, 0.4) is 0 Å². The smallest absolute Gasteiger partial charge is 0.240 e. The summed E-state index contributed by atoms with van der Waals surface area (Å²) in [6.07, 6.45) is 0. The molecule has 0 saturated carbocycles. The van der Waals surface area contributed by atoms with Crippen LogP contribution in [0.4, 0.5) is 4.39 Å². The van der Waals surface area contributed by atoms with Gasteiger partial charge in [0.15, 0.2) is 0 Å². The fraction of sp³-hybridized carbons (Fsp3) is 0. The molecule has 0 amide bonds. The Morgan fingerprint density at radius 1 is 1.36 bits per heavy atom. The first kappa shape index (κ1) is 9.68. The Balaban J connectivity index is 2.60. The molecule has 0 fully saturated rings. The highest BCUT2D eigenvalue weighted by Gasteiger charge is 2.15. The highest BCUT2D eigenvalue weighted by Crippen LogP contribution is 2.34. The van der Waals surface area contributed by atoms with Crippen LogP contribution in [0.15, 0.2) is 33.3 Å². The summed E-state index contributed by atoms with van der Waals surface area (Å²) < 4.78 is 18.5. The van der Waals surface area contributed by atoms with Gasteiger partial charge < -0.3 is 4.52 Å². The Kier molecular flexibility index (Phi) is 2.56. The zero-order valence-electron chi connectivity index (χ0n) is 6.80. The molecule has 0 N–H and O–H groups in total. The molecule has 0 unspecified atom stereocenters. The molecule has 0 radical (unpaired) electrons. The van der Waals surface area contributed by atoms with Crippen molar-refractivity contribution < 1.29 is 8.91 Å². The lowest BCUT2D eigenvalue weighted by molar-refractivity contribution is 0.423. The van der Waals surface area contributed by atoms with Crippen molar-refractivity contribution in [1.29, 1.82) is 0 Å². The summed E-state index contributed by atoms with van der Waals surface area (Å²) in [5, 5.41) is 3.77. The van der Waals surface area contributed by atoms with E-state index in [9.17, 15) is 4.39 Å². The summed E-state index contributed by atoms with van der Waals surface area (Å²) in [6, 6.07) is 6.28. The van der Waals surface area contributed by atoms with Crippen molar-refractivity contribution in [2.24, 2.45) is 0 Å². The summed E-state index contributed by atoms with van der Waals surface area (Å²) in [6.45, 7) is 0. The zero-order valence-corrected chi connectivity index (χ0v) is 9.14. The largest absolute Gasteiger partial charge is 0.343 e. The van der Waals surface area contributed by atoms with Gasteiger partial charge in [0.1, 0.15) is 16.0 Å². The number of hydrogen-bond donors (Lipinski definition) is 0. The molecule has 0 spiro atoms. The van der Waals surface area contributed by atoms with E-state index < -0.39 is 0 Å². The molecule has 0 saturated heterocycles. The molecule has 2 rings (SSSR count). The highest BCUT2D eigenvalue weighted by atomic mass is 79.9. The lowest BCUT2D eigenvalue weighted by atomic mass is 10.1. The first-order valence-corrected chi connectivity index (χ1v) is 4.93. The molecule has 1 heterocycles. The van der Waals surface area contributed by atoms with Crippen LogP contribution in [0.25, 0.3) is 11.3 Å². The second kappa shape index (κ2) is 3.71. The van der Waals surface area contributed by atoms with Crippen LogP contribution >= 0.6 is 27.5 Å². The number of nitrogens with zero attached hydrogens (tertiary/aromatic N) is 1. The van der Waals surface area contributed by atoms with E-state index in [2.05, 4.69) is 21.1 Å². The van der Waals surface area contributed by atoms with E-state index >= 15 is 0 Å². The van der Waals surface area contributed by atoms with Gasteiger partial charge in [-0.05, 0) is 39.7 Å². The van der Waals surface area contributed by atoms with E-state index in [0.717, 1.165) is 0 Å². The Labute approximate surface area is 92.8 Å². The number of rotatable bonds is 1. The minimum atomic E-state index is -0.363. The van der Waals surface area contributed by atoms with Crippen molar-refractivity contribution in [2.45, 2.75) is 0 Å². The van der Waals surface area contributed by atoms with Gasteiger partial charge in [-0.15, -0.1) is 0 Å². The molecule has 72 valence electrons. The van der Waals surface area contributed by atoms with Crippen molar-refractivity contribution in [3.63, 3.8) is 0 Å². The third-order valence-electron chi connectivity index (χ3n) is 1.73. The van der Waals surface area contributed by atoms with Gasteiger partial charge in [-0.2, -0.15) is 0 Å². The van der Waals surface area contributed by atoms with Crippen LogP contribution < -0.4 is 0 Å². The van der Waals surface area contributed by atoms with Gasteiger partial charge in [0.25, 0.3) is 0 Å². The second-order valence-corrected chi connectivity index (χ2v) is 3.73. The summed E-state index contributed by atoms with van der Waals surface area (Å²) in [5.41, 5.74) is 0.725. The van der Waals surface area contributed by atoms with Gasteiger partial charge in [0, 0.05) is 5.56 Å². The van der Waals surface area contributed by atoms with E-state index in [1.165, 1.54) is 6.07 Å². The van der Waals surface area contributed by atoms with Gasteiger partial charge in [-0.3, -0.25) is 0 Å². The van der Waals surface area contributed by atoms with Crippen LogP contribution in [0.5, 0.6) is 0 Å². The topological polar surface area (TPSA) is 26.0 Å². The molecule has 0 aliphatic heterocycles. The standard InChI is InChI=1S/C9H4BrClFNO/c10-7-8(13-14-9(7)11)5-3-1-2-4-6(5)12/h1-4H. The SMILES string of the molecule is Fc1ccccc1-c1noc(Cl)c1Br. The highest BCUT2D eigenvalue weighted by molar-refractivity contribution is 9.10. The predicted octanol–water partition coefficient (Wildman–Crippen LogP) is 3.90. The van der Waals surface area contributed by atoms with Crippen LogP contribution in [-0.2, 0) is 0 Å². The summed E-state index contributed by atoms with van der Waals surface area (Å²) in [7, 11) is 0. The van der Waals surface area contributed by atoms with Gasteiger partial charge in [-0.25, -0.2) is 4.39 Å². The summed E-state index contributed by atoms with van der Waals surface area (Å²) in [4.78, 5) is 0. The minimum absolute atomic E-state index is 0.114. The fourth-order valence-corrected chi connectivity index (χ4v) is 1.56. The van der Waals surface area contributed by atoms with Crippen molar-refractivity contribution in [1.82, 2.24) is 5.16 Å². The summed E-state index contributed by atoms with van der Waals surface area (Å²) >= 11 is 8.80. The molecule has 0 aliphatic carbocycles. The third-order valence-corrected chi connectivity index (χ3v) is 2.95. The molecular formula is C9H4BrClFNO. The van der Waals surface area contributed by atoms with E-state index in [1.807, 2.05) is 0 Å². The monoisotopic (exact) mass is 275 g/mol. The van der Waals surface area contributed by atoms with Crippen molar-refractivity contribution in [3.8, 4) is 11.3 Å². The minimum Gasteiger partial charge on any atom is -0.343 e. The summed E-state index contributed by atoms with van der Waals surface area (Å²) in [5.74, 6) is -0.363. The fourth-order valence-electron chi connectivity index (χ4n) is 1.08. The molecule has 5 heteroatoms. The second-order valence-electron chi connectivity index (χ2n) is 2.60. The number of benzene rings is 1. The average Bonchev–Trinajstić information content (AvgIpc) is 2.49. The van der Waals surface area contributed by atoms with Crippen LogP contribution in [0, 0.1) is 5.82 Å². The van der Waals surface area contributed by atoms with Crippen molar-refractivity contribution in [2.75, 3.05) is 0 Å². The first-order valence-electron chi connectivity index (χ1n) is 3.75. The van der Waals surface area contributed by atoms with Crippen LogP contribution in [-0.4, -0.2) is 5.16 Å². The normalized spacial score (nSPS) is 10.5. The number of halogens is 3. The number of hydrogen-bond acceptors (Lipinski definition) is 2.